The Labute approximate surface area is 164 Å². The molecule has 0 radical (unpaired) electrons. The van der Waals surface area contributed by atoms with Gasteiger partial charge in [0.25, 0.3) is 5.89 Å². The Morgan fingerprint density at radius 3 is 2.71 bits per heavy atom. The van der Waals surface area contributed by atoms with Crippen LogP contribution in [-0.2, 0) is 6.54 Å². The van der Waals surface area contributed by atoms with Gasteiger partial charge in [-0.2, -0.15) is 0 Å². The number of aryl methyl sites for hydroxylation is 1. The molecule has 3 heterocycles. The van der Waals surface area contributed by atoms with Crippen molar-refractivity contribution in [2.75, 3.05) is 13.1 Å². The van der Waals surface area contributed by atoms with E-state index in [4.69, 9.17) is 8.94 Å². The van der Waals surface area contributed by atoms with Crippen LogP contribution in [0.1, 0.15) is 43.8 Å². The van der Waals surface area contributed by atoms with Gasteiger partial charge in [-0.15, -0.1) is 10.2 Å². The summed E-state index contributed by atoms with van der Waals surface area (Å²) in [4.78, 5) is 2.47. The van der Waals surface area contributed by atoms with Crippen LogP contribution in [0.25, 0.3) is 22.7 Å². The Balaban J connectivity index is 1.34. The lowest BCUT2D eigenvalue weighted by Gasteiger charge is -2.40. The number of fused-ring (bicyclic) bond motifs is 1. The van der Waals surface area contributed by atoms with E-state index in [1.165, 1.54) is 32.1 Å². The Bertz CT molecular complexity index is 933. The van der Waals surface area contributed by atoms with E-state index in [0.717, 1.165) is 48.3 Å². The number of piperidine rings is 1. The number of hydrogen-bond acceptors (Lipinski definition) is 6. The predicted octanol–water partition coefficient (Wildman–Crippen LogP) is 4.71. The molecule has 0 bridgehead atoms. The van der Waals surface area contributed by atoms with Crippen molar-refractivity contribution in [1.82, 2.24) is 20.3 Å². The minimum Gasteiger partial charge on any atom is -0.419 e. The summed E-state index contributed by atoms with van der Waals surface area (Å²) < 4.78 is 11.5. The van der Waals surface area contributed by atoms with Crippen LogP contribution in [0.15, 0.2) is 39.3 Å². The summed E-state index contributed by atoms with van der Waals surface area (Å²) in [7, 11) is 0. The van der Waals surface area contributed by atoms with Gasteiger partial charge < -0.3 is 8.94 Å². The highest BCUT2D eigenvalue weighted by Gasteiger charge is 2.31. The predicted molar refractivity (Wildman–Crippen MR) is 105 cm³/mol. The monoisotopic (exact) mass is 378 g/mol. The van der Waals surface area contributed by atoms with Crippen molar-refractivity contribution in [2.24, 2.45) is 11.8 Å². The van der Waals surface area contributed by atoms with E-state index >= 15 is 0 Å². The molecule has 2 atom stereocenters. The lowest BCUT2D eigenvalue weighted by Crippen LogP contribution is -2.41. The molecule has 1 aromatic carbocycles. The van der Waals surface area contributed by atoms with Crippen molar-refractivity contribution in [3.05, 3.63) is 42.0 Å². The van der Waals surface area contributed by atoms with E-state index in [0.29, 0.717) is 17.5 Å². The second kappa shape index (κ2) is 7.51. The molecule has 28 heavy (non-hydrogen) atoms. The molecular weight excluding hydrogens is 352 g/mol. The third-order valence-corrected chi connectivity index (χ3v) is 6.32. The molecule has 2 aliphatic rings. The standard InChI is InChI=1S/C22H26N4O2/c1-15-20(21(25-28-15)17-8-3-2-4-9-17)22-24-23-19(27-22)14-26-12-11-16-7-5-6-10-18(16)13-26/h2-4,8-9,16,18H,5-7,10-14H2,1H3. The first-order chi connectivity index (χ1) is 13.8. The molecule has 1 aliphatic carbocycles. The van der Waals surface area contributed by atoms with Gasteiger partial charge in [0.1, 0.15) is 17.0 Å². The van der Waals surface area contributed by atoms with Crippen LogP contribution in [0, 0.1) is 18.8 Å². The fraction of sp³-hybridized carbons (Fsp3) is 0.500. The molecule has 146 valence electrons. The maximum absolute atomic E-state index is 6.05. The van der Waals surface area contributed by atoms with Gasteiger partial charge in [-0.1, -0.05) is 54.8 Å². The second-order valence-corrected chi connectivity index (χ2v) is 8.16. The largest absolute Gasteiger partial charge is 0.419 e. The molecule has 1 aliphatic heterocycles. The lowest BCUT2D eigenvalue weighted by atomic mass is 9.75. The molecule has 6 heteroatoms. The van der Waals surface area contributed by atoms with E-state index < -0.39 is 0 Å². The average molecular weight is 378 g/mol. The van der Waals surface area contributed by atoms with Crippen LogP contribution in [0.3, 0.4) is 0 Å². The Kier molecular flexibility index (Phi) is 4.72. The second-order valence-electron chi connectivity index (χ2n) is 8.16. The summed E-state index contributed by atoms with van der Waals surface area (Å²) in [5, 5.41) is 12.8. The maximum atomic E-state index is 6.05. The Morgan fingerprint density at radius 1 is 1.04 bits per heavy atom. The zero-order valence-electron chi connectivity index (χ0n) is 16.3. The van der Waals surface area contributed by atoms with Crippen LogP contribution in [0.5, 0.6) is 0 Å². The van der Waals surface area contributed by atoms with Crippen LogP contribution in [0.2, 0.25) is 0 Å². The molecule has 2 aromatic heterocycles. The van der Waals surface area contributed by atoms with E-state index in [1.54, 1.807) is 0 Å². The molecule has 1 saturated heterocycles. The van der Waals surface area contributed by atoms with Gasteiger partial charge in [0.15, 0.2) is 0 Å². The van der Waals surface area contributed by atoms with Gasteiger partial charge in [0.05, 0.1) is 6.54 Å². The summed E-state index contributed by atoms with van der Waals surface area (Å²) >= 11 is 0. The molecule has 0 amide bonds. The summed E-state index contributed by atoms with van der Waals surface area (Å²) in [5.41, 5.74) is 2.51. The highest BCUT2D eigenvalue weighted by Crippen LogP contribution is 2.37. The molecule has 2 fully saturated rings. The first-order valence-electron chi connectivity index (χ1n) is 10.3. The highest BCUT2D eigenvalue weighted by atomic mass is 16.5. The summed E-state index contributed by atoms with van der Waals surface area (Å²) in [6.45, 7) is 4.89. The zero-order valence-corrected chi connectivity index (χ0v) is 16.3. The van der Waals surface area contributed by atoms with Gasteiger partial charge in [-0.25, -0.2) is 0 Å². The average Bonchev–Trinajstić information content (AvgIpc) is 3.34. The van der Waals surface area contributed by atoms with Crippen LogP contribution >= 0.6 is 0 Å². The van der Waals surface area contributed by atoms with E-state index in [2.05, 4.69) is 20.3 Å². The third kappa shape index (κ3) is 3.37. The molecule has 1 saturated carbocycles. The molecule has 0 spiro atoms. The first kappa shape index (κ1) is 17.6. The van der Waals surface area contributed by atoms with E-state index in [9.17, 15) is 0 Å². The van der Waals surface area contributed by atoms with Crippen molar-refractivity contribution in [2.45, 2.75) is 45.6 Å². The van der Waals surface area contributed by atoms with Crippen molar-refractivity contribution in [3.8, 4) is 22.7 Å². The first-order valence-corrected chi connectivity index (χ1v) is 10.3. The maximum Gasteiger partial charge on any atom is 0.253 e. The fourth-order valence-corrected chi connectivity index (χ4v) is 4.85. The Hall–Kier alpha value is -2.47. The number of benzene rings is 1. The van der Waals surface area contributed by atoms with Crippen LogP contribution in [-0.4, -0.2) is 33.3 Å². The topological polar surface area (TPSA) is 68.2 Å². The minimum atomic E-state index is 0.486. The SMILES string of the molecule is Cc1onc(-c2ccccc2)c1-c1nnc(CN2CCC3CCCCC3C2)o1. The minimum absolute atomic E-state index is 0.486. The Morgan fingerprint density at radius 2 is 1.86 bits per heavy atom. The van der Waals surface area contributed by atoms with Crippen molar-refractivity contribution in [3.63, 3.8) is 0 Å². The third-order valence-electron chi connectivity index (χ3n) is 6.32. The van der Waals surface area contributed by atoms with Crippen molar-refractivity contribution < 1.29 is 8.94 Å². The van der Waals surface area contributed by atoms with Gasteiger partial charge in [0, 0.05) is 12.1 Å². The number of rotatable bonds is 4. The number of likely N-dealkylation sites (tertiary alicyclic amines) is 1. The normalized spacial score (nSPS) is 22.9. The summed E-state index contributed by atoms with van der Waals surface area (Å²) in [6.07, 6.45) is 6.88. The van der Waals surface area contributed by atoms with Crippen molar-refractivity contribution in [1.29, 1.82) is 0 Å². The van der Waals surface area contributed by atoms with Gasteiger partial charge in [-0.05, 0) is 38.1 Å². The number of nitrogens with zero attached hydrogens (tertiary/aromatic N) is 4. The molecule has 5 rings (SSSR count). The van der Waals surface area contributed by atoms with E-state index in [1.807, 2.05) is 37.3 Å². The fourth-order valence-electron chi connectivity index (χ4n) is 4.85. The molecular formula is C22H26N4O2. The molecule has 6 nitrogen and oxygen atoms in total. The zero-order chi connectivity index (χ0) is 18.9. The van der Waals surface area contributed by atoms with Gasteiger partial charge >= 0.3 is 0 Å². The summed E-state index contributed by atoms with van der Waals surface area (Å²) in [6, 6.07) is 9.96. The van der Waals surface area contributed by atoms with Gasteiger partial charge in [-0.3, -0.25) is 4.90 Å². The number of hydrogen-bond donors (Lipinski definition) is 0. The molecule has 2 unspecified atom stereocenters. The summed E-state index contributed by atoms with van der Waals surface area (Å²) in [5.74, 6) is 3.62. The lowest BCUT2D eigenvalue weighted by molar-refractivity contribution is 0.0763. The van der Waals surface area contributed by atoms with Crippen molar-refractivity contribution >= 4 is 0 Å². The van der Waals surface area contributed by atoms with E-state index in [-0.39, 0.29) is 0 Å². The molecule has 0 N–H and O–H groups in total. The number of aromatic nitrogens is 3. The van der Waals surface area contributed by atoms with Gasteiger partial charge in [0.2, 0.25) is 5.89 Å². The van der Waals surface area contributed by atoms with Crippen LogP contribution < -0.4 is 0 Å². The highest BCUT2D eigenvalue weighted by molar-refractivity contribution is 5.77. The van der Waals surface area contributed by atoms with Crippen LogP contribution in [0.4, 0.5) is 0 Å². The quantitative estimate of drug-likeness (QED) is 0.655. The smallest absolute Gasteiger partial charge is 0.253 e. The molecule has 3 aromatic rings.